The lowest BCUT2D eigenvalue weighted by atomic mass is 10.2. The number of nitrogens with one attached hydrogen (secondary N) is 1. The number of aromatic nitrogens is 3. The molecular weight excluding hydrogens is 396 g/mol. The van der Waals surface area contributed by atoms with Gasteiger partial charge in [-0.1, -0.05) is 19.1 Å². The van der Waals surface area contributed by atoms with Crippen LogP contribution in [0.1, 0.15) is 31.0 Å². The summed E-state index contributed by atoms with van der Waals surface area (Å²) in [5.74, 6) is 1.99. The van der Waals surface area contributed by atoms with Crippen LogP contribution in [0.2, 0.25) is 0 Å². The summed E-state index contributed by atoms with van der Waals surface area (Å²) in [4.78, 5) is 13.4. The van der Waals surface area contributed by atoms with Crippen molar-refractivity contribution in [3.8, 4) is 11.4 Å². The fourth-order valence-corrected chi connectivity index (χ4v) is 4.94. The number of hydrogen-bond donors (Lipinski definition) is 1. The van der Waals surface area contributed by atoms with E-state index in [0.29, 0.717) is 24.8 Å². The highest BCUT2D eigenvalue weighted by Gasteiger charge is 2.20. The van der Waals surface area contributed by atoms with E-state index in [0.717, 1.165) is 47.6 Å². The first kappa shape index (κ1) is 20.6. The molecule has 3 heterocycles. The Morgan fingerprint density at radius 2 is 1.90 bits per heavy atom. The highest BCUT2D eigenvalue weighted by molar-refractivity contribution is 7.84. The number of pyridine rings is 1. The smallest absolute Gasteiger partial charge is 0.161 e. The van der Waals surface area contributed by atoms with E-state index in [1.165, 1.54) is 0 Å². The molecule has 1 aliphatic rings. The predicted molar refractivity (Wildman–Crippen MR) is 120 cm³/mol. The lowest BCUT2D eigenvalue weighted by Crippen LogP contribution is -2.25. The Morgan fingerprint density at radius 3 is 2.67 bits per heavy atom. The zero-order chi connectivity index (χ0) is 20.8. The van der Waals surface area contributed by atoms with Crippen LogP contribution in [-0.2, 0) is 27.7 Å². The second-order valence-electron chi connectivity index (χ2n) is 7.32. The first-order valence-electron chi connectivity index (χ1n) is 10.3. The summed E-state index contributed by atoms with van der Waals surface area (Å²) in [5, 5.41) is 3.63. The van der Waals surface area contributed by atoms with Crippen molar-refractivity contribution in [2.75, 3.05) is 18.5 Å². The van der Waals surface area contributed by atoms with Gasteiger partial charge in [0.2, 0.25) is 0 Å². The molecule has 4 rings (SSSR count). The number of anilines is 2. The van der Waals surface area contributed by atoms with Crippen LogP contribution in [-0.4, -0.2) is 37.6 Å². The minimum absolute atomic E-state index is 0.229. The van der Waals surface area contributed by atoms with E-state index in [-0.39, 0.29) is 5.25 Å². The normalized spacial score (nSPS) is 15.6. The number of benzene rings is 1. The molecule has 156 valence electrons. The summed E-state index contributed by atoms with van der Waals surface area (Å²) in [6, 6.07) is 13.9. The van der Waals surface area contributed by atoms with Crippen molar-refractivity contribution in [2.24, 2.45) is 0 Å². The maximum atomic E-state index is 12.7. The fourth-order valence-electron chi connectivity index (χ4n) is 3.48. The molecule has 0 saturated carbocycles. The monoisotopic (exact) mass is 422 g/mol. The van der Waals surface area contributed by atoms with Crippen LogP contribution in [0.5, 0.6) is 0 Å². The summed E-state index contributed by atoms with van der Waals surface area (Å²) in [7, 11) is -0.885. The zero-order valence-electron chi connectivity index (χ0n) is 17.1. The van der Waals surface area contributed by atoms with Gasteiger partial charge in [-0.3, -0.25) is 9.19 Å². The van der Waals surface area contributed by atoms with Crippen molar-refractivity contribution >= 4 is 22.3 Å². The summed E-state index contributed by atoms with van der Waals surface area (Å²) in [6.45, 7) is 3.51. The molecule has 1 saturated heterocycles. The Kier molecular flexibility index (Phi) is 6.81. The fraction of sp³-hybridized carbons (Fsp3) is 0.348. The van der Waals surface area contributed by atoms with E-state index in [9.17, 15) is 4.21 Å². The molecule has 1 fully saturated rings. The third kappa shape index (κ3) is 5.29. The van der Waals surface area contributed by atoms with Crippen LogP contribution >= 0.6 is 0 Å². The van der Waals surface area contributed by atoms with Gasteiger partial charge < -0.3 is 10.1 Å². The van der Waals surface area contributed by atoms with Crippen molar-refractivity contribution in [1.29, 1.82) is 0 Å². The Morgan fingerprint density at radius 1 is 1.10 bits per heavy atom. The highest BCUT2D eigenvalue weighted by Crippen LogP contribution is 2.23. The lowest BCUT2D eigenvalue weighted by molar-refractivity contribution is 0.0992. The number of rotatable bonds is 7. The van der Waals surface area contributed by atoms with Crippen molar-refractivity contribution in [3.63, 3.8) is 0 Å². The molecule has 0 spiro atoms. The van der Waals surface area contributed by atoms with Gasteiger partial charge in [0.25, 0.3) is 0 Å². The molecule has 0 bridgehead atoms. The zero-order valence-corrected chi connectivity index (χ0v) is 17.9. The molecule has 1 unspecified atom stereocenters. The molecule has 1 aromatic carbocycles. The van der Waals surface area contributed by atoms with E-state index < -0.39 is 10.8 Å². The third-order valence-electron chi connectivity index (χ3n) is 5.13. The summed E-state index contributed by atoms with van der Waals surface area (Å²) in [6.07, 6.45) is 6.06. The summed E-state index contributed by atoms with van der Waals surface area (Å²) >= 11 is 0. The van der Waals surface area contributed by atoms with E-state index in [1.807, 2.05) is 36.4 Å². The lowest BCUT2D eigenvalue weighted by Gasteiger charge is -2.21. The van der Waals surface area contributed by atoms with Gasteiger partial charge in [0.15, 0.2) is 5.82 Å². The van der Waals surface area contributed by atoms with Gasteiger partial charge in [0, 0.05) is 70.4 Å². The summed E-state index contributed by atoms with van der Waals surface area (Å²) < 4.78 is 18.1. The van der Waals surface area contributed by atoms with Gasteiger partial charge in [-0.25, -0.2) is 9.97 Å². The van der Waals surface area contributed by atoms with E-state index in [2.05, 4.69) is 33.3 Å². The number of aryl methyl sites for hydroxylation is 1. The molecule has 3 aromatic rings. The van der Waals surface area contributed by atoms with Crippen LogP contribution in [0.3, 0.4) is 0 Å². The van der Waals surface area contributed by atoms with Crippen LogP contribution in [0.4, 0.5) is 11.5 Å². The maximum absolute atomic E-state index is 12.7. The molecule has 1 aliphatic heterocycles. The summed E-state index contributed by atoms with van der Waals surface area (Å²) in [5.41, 5.74) is 3.89. The van der Waals surface area contributed by atoms with Crippen molar-refractivity contribution in [2.45, 2.75) is 37.2 Å². The Hall–Kier alpha value is -2.64. The quantitative estimate of drug-likeness (QED) is 0.613. The van der Waals surface area contributed by atoms with Gasteiger partial charge in [0.05, 0.1) is 0 Å². The average Bonchev–Trinajstić information content (AvgIpc) is 2.80. The SMILES string of the molecule is CCc1cc(Nc2cccc(CS(=O)C3CCOCC3)c2)nc(-c2ccncc2)n1. The predicted octanol–water partition coefficient (Wildman–Crippen LogP) is 4.27. The second kappa shape index (κ2) is 9.91. The van der Waals surface area contributed by atoms with Crippen molar-refractivity contribution < 1.29 is 8.95 Å². The minimum atomic E-state index is -0.885. The largest absolute Gasteiger partial charge is 0.381 e. The molecule has 6 nitrogen and oxygen atoms in total. The average molecular weight is 423 g/mol. The van der Waals surface area contributed by atoms with E-state index in [4.69, 9.17) is 4.74 Å². The number of ether oxygens (including phenoxy) is 1. The third-order valence-corrected chi connectivity index (χ3v) is 6.96. The Bertz CT molecular complexity index is 1010. The van der Waals surface area contributed by atoms with Crippen LogP contribution < -0.4 is 5.32 Å². The molecular formula is C23H26N4O2S. The maximum Gasteiger partial charge on any atom is 0.161 e. The molecule has 30 heavy (non-hydrogen) atoms. The Balaban J connectivity index is 1.51. The van der Waals surface area contributed by atoms with Gasteiger partial charge >= 0.3 is 0 Å². The highest BCUT2D eigenvalue weighted by atomic mass is 32.2. The van der Waals surface area contributed by atoms with Crippen molar-refractivity contribution in [3.05, 3.63) is 66.1 Å². The van der Waals surface area contributed by atoms with Crippen LogP contribution in [0.25, 0.3) is 11.4 Å². The van der Waals surface area contributed by atoms with Gasteiger partial charge in [0.1, 0.15) is 5.82 Å². The first-order chi connectivity index (χ1) is 14.7. The standard InChI is InChI=1S/C23H26N4O2S/c1-2-19-15-22(27-23(26-19)18-6-10-24-11-7-18)25-20-5-3-4-17(14-20)16-30(28)21-8-12-29-13-9-21/h3-7,10-11,14-15,21H,2,8-9,12-13,16H2,1H3,(H,25,26,27). The van der Waals surface area contributed by atoms with E-state index >= 15 is 0 Å². The first-order valence-corrected chi connectivity index (χ1v) is 11.7. The van der Waals surface area contributed by atoms with Crippen molar-refractivity contribution in [1.82, 2.24) is 15.0 Å². The van der Waals surface area contributed by atoms with Gasteiger partial charge in [-0.05, 0) is 49.1 Å². The molecule has 1 atom stereocenters. The van der Waals surface area contributed by atoms with E-state index in [1.54, 1.807) is 12.4 Å². The number of hydrogen-bond acceptors (Lipinski definition) is 6. The van der Waals surface area contributed by atoms with Crippen LogP contribution in [0, 0.1) is 0 Å². The Labute approximate surface area is 179 Å². The molecule has 7 heteroatoms. The molecule has 0 aliphatic carbocycles. The minimum Gasteiger partial charge on any atom is -0.381 e. The number of nitrogens with zero attached hydrogens (tertiary/aromatic N) is 3. The topological polar surface area (TPSA) is 77.0 Å². The van der Waals surface area contributed by atoms with Gasteiger partial charge in [-0.15, -0.1) is 0 Å². The van der Waals surface area contributed by atoms with Gasteiger partial charge in [-0.2, -0.15) is 0 Å². The van der Waals surface area contributed by atoms with Crippen LogP contribution in [0.15, 0.2) is 54.9 Å². The molecule has 2 aromatic heterocycles. The molecule has 1 N–H and O–H groups in total. The molecule has 0 amide bonds. The molecule has 0 radical (unpaired) electrons. The second-order valence-corrected chi connectivity index (χ2v) is 9.04.